The molecule has 164 valence electrons. The van der Waals surface area contributed by atoms with Crippen LogP contribution in [0, 0.1) is 13.8 Å². The van der Waals surface area contributed by atoms with Crippen LogP contribution in [-0.4, -0.2) is 36.8 Å². The molecule has 4 rings (SSSR count). The molecule has 1 saturated heterocycles. The van der Waals surface area contributed by atoms with E-state index in [4.69, 9.17) is 4.42 Å². The fraction of sp³-hybridized carbons (Fsp3) is 0.400. The molecule has 1 atom stereocenters. The topological polar surface area (TPSA) is 67.6 Å². The van der Waals surface area contributed by atoms with Crippen LogP contribution in [0.2, 0.25) is 0 Å². The maximum atomic E-state index is 13.4. The van der Waals surface area contributed by atoms with E-state index in [9.17, 15) is 13.2 Å². The number of fused-ring (bicyclic) bond motifs is 1. The lowest BCUT2D eigenvalue weighted by atomic mass is 10.0. The molecular weight excluding hydrogens is 410 g/mol. The third-order valence-corrected chi connectivity index (χ3v) is 7.94. The highest BCUT2D eigenvalue weighted by molar-refractivity contribution is 7.91. The van der Waals surface area contributed by atoms with Crippen molar-refractivity contribution < 1.29 is 17.6 Å². The molecule has 0 N–H and O–H groups in total. The average Bonchev–Trinajstić information content (AvgIpc) is 3.29. The van der Waals surface area contributed by atoms with Crippen LogP contribution in [-0.2, 0) is 34.0 Å². The second kappa shape index (κ2) is 8.50. The fourth-order valence-corrected chi connectivity index (χ4v) is 6.27. The zero-order chi connectivity index (χ0) is 22.2. The Morgan fingerprint density at radius 2 is 1.84 bits per heavy atom. The molecule has 0 saturated carbocycles. The van der Waals surface area contributed by atoms with Crippen molar-refractivity contribution in [2.24, 2.45) is 0 Å². The van der Waals surface area contributed by atoms with Crippen LogP contribution in [0.4, 0.5) is 0 Å². The summed E-state index contributed by atoms with van der Waals surface area (Å²) in [7, 11) is -3.10. The molecule has 1 aromatic heterocycles. The van der Waals surface area contributed by atoms with Crippen molar-refractivity contribution in [2.75, 3.05) is 11.5 Å². The minimum absolute atomic E-state index is 0.0378. The summed E-state index contributed by atoms with van der Waals surface area (Å²) in [5.74, 6) is 0.115. The van der Waals surface area contributed by atoms with Crippen LogP contribution in [0.15, 0.2) is 47.1 Å². The van der Waals surface area contributed by atoms with Gasteiger partial charge in [-0.3, -0.25) is 4.79 Å². The summed E-state index contributed by atoms with van der Waals surface area (Å²) in [5.41, 5.74) is 6.08. The Labute approximate surface area is 184 Å². The van der Waals surface area contributed by atoms with Gasteiger partial charge in [0.15, 0.2) is 9.84 Å². The lowest BCUT2D eigenvalue weighted by Crippen LogP contribution is -2.41. The molecule has 0 radical (unpaired) electrons. The van der Waals surface area contributed by atoms with E-state index in [1.54, 1.807) is 11.2 Å². The van der Waals surface area contributed by atoms with Crippen molar-refractivity contribution in [3.8, 4) is 0 Å². The number of benzene rings is 2. The minimum atomic E-state index is -3.10. The first-order chi connectivity index (χ1) is 14.8. The van der Waals surface area contributed by atoms with E-state index in [1.807, 2.05) is 32.0 Å². The van der Waals surface area contributed by atoms with E-state index in [1.165, 1.54) is 5.56 Å². The van der Waals surface area contributed by atoms with Gasteiger partial charge in [0.05, 0.1) is 24.2 Å². The predicted molar refractivity (Wildman–Crippen MR) is 123 cm³/mol. The number of furan rings is 1. The molecule has 3 aromatic rings. The smallest absolute Gasteiger partial charge is 0.227 e. The van der Waals surface area contributed by atoms with Crippen molar-refractivity contribution in [1.82, 2.24) is 4.90 Å². The number of hydrogen-bond acceptors (Lipinski definition) is 4. The largest absolute Gasteiger partial charge is 0.464 e. The standard InChI is InChI=1S/C25H29NO4S/c1-4-19-5-7-20(8-6-19)14-26(22-9-10-31(28,29)16-22)24(27)13-21-15-30-23-12-17(2)11-18(3)25(21)23/h5-8,11-12,15,22H,4,9-10,13-14,16H2,1-3H3. The third kappa shape index (κ3) is 4.69. The first-order valence-electron chi connectivity index (χ1n) is 10.8. The van der Waals surface area contributed by atoms with Gasteiger partial charge in [0.2, 0.25) is 5.91 Å². The van der Waals surface area contributed by atoms with Gasteiger partial charge in [-0.2, -0.15) is 0 Å². The van der Waals surface area contributed by atoms with Crippen LogP contribution in [0.3, 0.4) is 0 Å². The molecule has 31 heavy (non-hydrogen) atoms. The quantitative estimate of drug-likeness (QED) is 0.572. The Kier molecular flexibility index (Phi) is 5.93. The summed E-state index contributed by atoms with van der Waals surface area (Å²) in [4.78, 5) is 15.2. The van der Waals surface area contributed by atoms with Crippen molar-refractivity contribution >= 4 is 26.7 Å². The van der Waals surface area contributed by atoms with Crippen LogP contribution in [0.25, 0.3) is 11.0 Å². The maximum absolute atomic E-state index is 13.4. The first kappa shape index (κ1) is 21.6. The van der Waals surface area contributed by atoms with Crippen LogP contribution in [0.1, 0.15) is 41.2 Å². The summed E-state index contributed by atoms with van der Waals surface area (Å²) in [6.45, 7) is 6.56. The van der Waals surface area contributed by atoms with E-state index < -0.39 is 9.84 Å². The Balaban J connectivity index is 1.62. The van der Waals surface area contributed by atoms with Crippen molar-refractivity contribution in [2.45, 2.75) is 52.6 Å². The zero-order valence-corrected chi connectivity index (χ0v) is 19.2. The molecule has 2 heterocycles. The van der Waals surface area contributed by atoms with Crippen molar-refractivity contribution in [3.63, 3.8) is 0 Å². The first-order valence-corrected chi connectivity index (χ1v) is 12.6. The predicted octanol–water partition coefficient (Wildman–Crippen LogP) is 4.37. The molecule has 0 spiro atoms. The number of sulfone groups is 1. The number of carbonyl (C=O) groups is 1. The fourth-order valence-electron chi connectivity index (χ4n) is 4.54. The Morgan fingerprint density at radius 3 is 2.48 bits per heavy atom. The van der Waals surface area contributed by atoms with E-state index in [2.05, 4.69) is 25.1 Å². The highest BCUT2D eigenvalue weighted by Gasteiger charge is 2.35. The molecular formula is C25H29NO4S. The second-order valence-corrected chi connectivity index (χ2v) is 10.9. The Hall–Kier alpha value is -2.60. The summed E-state index contributed by atoms with van der Waals surface area (Å²) in [6.07, 6.45) is 3.30. The Bertz CT molecular complexity index is 1210. The van der Waals surface area contributed by atoms with Gasteiger partial charge in [0.1, 0.15) is 5.58 Å². The van der Waals surface area contributed by atoms with E-state index in [-0.39, 0.29) is 29.9 Å². The van der Waals surface area contributed by atoms with Gasteiger partial charge in [0, 0.05) is 23.5 Å². The monoisotopic (exact) mass is 439 g/mol. The van der Waals surface area contributed by atoms with Crippen molar-refractivity contribution in [3.05, 3.63) is 70.5 Å². The molecule has 5 nitrogen and oxygen atoms in total. The van der Waals surface area contributed by atoms with Gasteiger partial charge < -0.3 is 9.32 Å². The number of amides is 1. The summed E-state index contributed by atoms with van der Waals surface area (Å²) < 4.78 is 30.0. The molecule has 1 aliphatic rings. The molecule has 1 amide bonds. The molecule has 1 aliphatic heterocycles. The maximum Gasteiger partial charge on any atom is 0.227 e. The number of aryl methyl sites for hydroxylation is 3. The van der Waals surface area contributed by atoms with E-state index in [0.717, 1.165) is 39.6 Å². The van der Waals surface area contributed by atoms with Gasteiger partial charge in [0.25, 0.3) is 0 Å². The average molecular weight is 440 g/mol. The summed E-state index contributed by atoms with van der Waals surface area (Å²) >= 11 is 0. The lowest BCUT2D eigenvalue weighted by Gasteiger charge is -2.28. The van der Waals surface area contributed by atoms with Crippen LogP contribution < -0.4 is 0 Å². The molecule has 0 aliphatic carbocycles. The Morgan fingerprint density at radius 1 is 1.13 bits per heavy atom. The zero-order valence-electron chi connectivity index (χ0n) is 18.3. The van der Waals surface area contributed by atoms with Gasteiger partial charge in [-0.25, -0.2) is 8.42 Å². The normalized spacial score (nSPS) is 17.8. The molecule has 0 bridgehead atoms. The summed E-state index contributed by atoms with van der Waals surface area (Å²) in [5, 5.41) is 0.977. The second-order valence-electron chi connectivity index (χ2n) is 8.64. The van der Waals surface area contributed by atoms with Gasteiger partial charge in [-0.1, -0.05) is 37.3 Å². The lowest BCUT2D eigenvalue weighted by molar-refractivity contribution is -0.133. The van der Waals surface area contributed by atoms with E-state index in [0.29, 0.717) is 13.0 Å². The van der Waals surface area contributed by atoms with Crippen molar-refractivity contribution in [1.29, 1.82) is 0 Å². The van der Waals surface area contributed by atoms with E-state index >= 15 is 0 Å². The molecule has 1 unspecified atom stereocenters. The molecule has 2 aromatic carbocycles. The number of hydrogen-bond donors (Lipinski definition) is 0. The van der Waals surface area contributed by atoms with Gasteiger partial charge in [-0.15, -0.1) is 0 Å². The third-order valence-electron chi connectivity index (χ3n) is 6.19. The van der Waals surface area contributed by atoms with Gasteiger partial charge in [-0.05, 0) is 55.0 Å². The molecule has 6 heteroatoms. The SMILES string of the molecule is CCc1ccc(CN(C(=O)Cc2coc3cc(C)cc(C)c23)C2CCS(=O)(=O)C2)cc1. The molecule has 1 fully saturated rings. The number of nitrogens with zero attached hydrogens (tertiary/aromatic N) is 1. The summed E-state index contributed by atoms with van der Waals surface area (Å²) in [6, 6.07) is 12.0. The number of rotatable bonds is 6. The van der Waals surface area contributed by atoms with Crippen LogP contribution in [0.5, 0.6) is 0 Å². The number of carbonyl (C=O) groups excluding carboxylic acids is 1. The van der Waals surface area contributed by atoms with Gasteiger partial charge >= 0.3 is 0 Å². The highest BCUT2D eigenvalue weighted by Crippen LogP contribution is 2.28. The minimum Gasteiger partial charge on any atom is -0.464 e. The highest BCUT2D eigenvalue weighted by atomic mass is 32.2. The van der Waals surface area contributed by atoms with Crippen LogP contribution >= 0.6 is 0 Å².